The van der Waals surface area contributed by atoms with Gasteiger partial charge in [0.1, 0.15) is 0 Å². The van der Waals surface area contributed by atoms with Gasteiger partial charge in [-0.2, -0.15) is 0 Å². The van der Waals surface area contributed by atoms with Crippen LogP contribution in [-0.2, 0) is 6.42 Å². The molecule has 0 atom stereocenters. The first-order valence-electron chi connectivity index (χ1n) is 5.34. The van der Waals surface area contributed by atoms with Crippen LogP contribution in [0.15, 0.2) is 45.5 Å². The second-order valence-electron chi connectivity index (χ2n) is 3.60. The molecule has 3 nitrogen and oxygen atoms in total. The van der Waals surface area contributed by atoms with E-state index in [0.29, 0.717) is 5.76 Å². The molecule has 2 aromatic rings. The van der Waals surface area contributed by atoms with Gasteiger partial charge in [0.05, 0.1) is 12.0 Å². The monoisotopic (exact) mass is 293 g/mol. The van der Waals surface area contributed by atoms with Gasteiger partial charge in [-0.15, -0.1) is 0 Å². The lowest BCUT2D eigenvalue weighted by molar-refractivity contribution is 0.0996. The fourth-order valence-corrected chi connectivity index (χ4v) is 2.00. The van der Waals surface area contributed by atoms with Crippen molar-refractivity contribution in [3.63, 3.8) is 0 Å². The number of amides is 1. The minimum atomic E-state index is -0.250. The highest BCUT2D eigenvalue weighted by Gasteiger charge is 2.10. The molecular weight excluding hydrogens is 282 g/mol. The molecule has 0 aliphatic rings. The van der Waals surface area contributed by atoms with Crippen LogP contribution in [0.4, 0.5) is 5.69 Å². The predicted octanol–water partition coefficient (Wildman–Crippen LogP) is 3.86. The number of halogens is 1. The minimum absolute atomic E-state index is 0.250. The summed E-state index contributed by atoms with van der Waals surface area (Å²) in [5.74, 6) is 0.0522. The fraction of sp³-hybridized carbons (Fsp3) is 0.154. The van der Waals surface area contributed by atoms with Gasteiger partial charge in [-0.3, -0.25) is 4.79 Å². The van der Waals surface area contributed by atoms with Crippen molar-refractivity contribution in [1.29, 1.82) is 0 Å². The topological polar surface area (TPSA) is 42.2 Å². The molecule has 0 fully saturated rings. The van der Waals surface area contributed by atoms with E-state index in [0.717, 1.165) is 16.6 Å². The Labute approximate surface area is 108 Å². The number of hydrogen-bond donors (Lipinski definition) is 1. The molecule has 1 aromatic heterocycles. The van der Waals surface area contributed by atoms with E-state index in [9.17, 15) is 4.79 Å². The number of anilines is 1. The molecule has 0 bridgehead atoms. The van der Waals surface area contributed by atoms with E-state index >= 15 is 0 Å². The highest BCUT2D eigenvalue weighted by Crippen LogP contribution is 2.24. The van der Waals surface area contributed by atoms with E-state index in [-0.39, 0.29) is 5.91 Å². The molecule has 2 rings (SSSR count). The Morgan fingerprint density at radius 1 is 1.41 bits per heavy atom. The maximum atomic E-state index is 11.8. The summed E-state index contributed by atoms with van der Waals surface area (Å²) in [7, 11) is 0. The number of benzene rings is 1. The van der Waals surface area contributed by atoms with Crippen LogP contribution in [-0.4, -0.2) is 5.91 Å². The van der Waals surface area contributed by atoms with Gasteiger partial charge in [-0.25, -0.2) is 0 Å². The summed E-state index contributed by atoms with van der Waals surface area (Å²) in [4.78, 5) is 11.8. The Kier molecular flexibility index (Phi) is 3.64. The molecule has 0 unspecified atom stereocenters. The smallest absolute Gasteiger partial charge is 0.291 e. The summed E-state index contributed by atoms with van der Waals surface area (Å²) in [6, 6.07) is 9.18. The van der Waals surface area contributed by atoms with Crippen LogP contribution in [0.3, 0.4) is 0 Å². The van der Waals surface area contributed by atoms with Crippen molar-refractivity contribution in [3.05, 3.63) is 52.4 Å². The Morgan fingerprint density at radius 3 is 2.82 bits per heavy atom. The zero-order valence-corrected chi connectivity index (χ0v) is 11.0. The van der Waals surface area contributed by atoms with Gasteiger partial charge >= 0.3 is 0 Å². The second-order valence-corrected chi connectivity index (χ2v) is 4.45. The Morgan fingerprint density at radius 2 is 2.24 bits per heavy atom. The first-order valence-corrected chi connectivity index (χ1v) is 6.13. The summed E-state index contributed by atoms with van der Waals surface area (Å²) in [5.41, 5.74) is 1.96. The van der Waals surface area contributed by atoms with E-state index < -0.39 is 0 Å². The normalized spacial score (nSPS) is 10.2. The summed E-state index contributed by atoms with van der Waals surface area (Å²) in [6.45, 7) is 2.09. The van der Waals surface area contributed by atoms with Gasteiger partial charge in [0.2, 0.25) is 0 Å². The zero-order valence-electron chi connectivity index (χ0n) is 9.37. The van der Waals surface area contributed by atoms with E-state index in [1.54, 1.807) is 12.1 Å². The fourth-order valence-electron chi connectivity index (χ4n) is 1.47. The number of rotatable bonds is 3. The maximum Gasteiger partial charge on any atom is 0.291 e. The van der Waals surface area contributed by atoms with Crippen molar-refractivity contribution in [2.75, 3.05) is 5.32 Å². The molecule has 1 amide bonds. The Hall–Kier alpha value is -1.55. The second kappa shape index (κ2) is 5.19. The van der Waals surface area contributed by atoms with Crippen molar-refractivity contribution in [3.8, 4) is 0 Å². The number of carbonyl (C=O) groups is 1. The van der Waals surface area contributed by atoms with Crippen LogP contribution in [0.25, 0.3) is 0 Å². The molecule has 0 saturated carbocycles. The van der Waals surface area contributed by atoms with Crippen molar-refractivity contribution < 1.29 is 9.21 Å². The average molecular weight is 294 g/mol. The van der Waals surface area contributed by atoms with Crippen LogP contribution in [0, 0.1) is 0 Å². The third kappa shape index (κ3) is 2.77. The van der Waals surface area contributed by atoms with Crippen LogP contribution in [0.1, 0.15) is 23.0 Å². The third-order valence-corrected chi connectivity index (χ3v) is 3.09. The van der Waals surface area contributed by atoms with Crippen molar-refractivity contribution in [2.45, 2.75) is 13.3 Å². The summed E-state index contributed by atoms with van der Waals surface area (Å²) >= 11 is 3.43. The Bertz CT molecular complexity index is 520. The summed E-state index contributed by atoms with van der Waals surface area (Å²) < 4.78 is 5.90. The van der Waals surface area contributed by atoms with Crippen LogP contribution >= 0.6 is 15.9 Å². The molecule has 0 radical (unpaired) electrons. The average Bonchev–Trinajstić information content (AvgIpc) is 2.85. The van der Waals surface area contributed by atoms with Gasteiger partial charge in [-0.1, -0.05) is 13.0 Å². The number of hydrogen-bond acceptors (Lipinski definition) is 2. The van der Waals surface area contributed by atoms with Gasteiger partial charge in [0.25, 0.3) is 5.91 Å². The quantitative estimate of drug-likeness (QED) is 0.934. The molecular formula is C13H12BrNO2. The van der Waals surface area contributed by atoms with E-state index in [1.807, 2.05) is 18.2 Å². The molecule has 0 spiro atoms. The molecule has 0 aliphatic carbocycles. The molecule has 4 heteroatoms. The first-order chi connectivity index (χ1) is 8.20. The molecule has 0 saturated heterocycles. The first kappa shape index (κ1) is 11.9. The van der Waals surface area contributed by atoms with E-state index in [4.69, 9.17) is 4.42 Å². The van der Waals surface area contributed by atoms with Crippen LogP contribution in [0.5, 0.6) is 0 Å². The Balaban J connectivity index is 2.16. The van der Waals surface area contributed by atoms with Gasteiger partial charge in [0, 0.05) is 4.47 Å². The standard InChI is InChI=1S/C13H12BrNO2/c1-2-9-5-6-11(10(14)8-9)15-13(16)12-4-3-7-17-12/h3-8H,2H2,1H3,(H,15,16). The predicted molar refractivity (Wildman–Crippen MR) is 70.2 cm³/mol. The number of carbonyl (C=O) groups excluding carboxylic acids is 1. The van der Waals surface area contributed by atoms with Crippen molar-refractivity contribution in [2.24, 2.45) is 0 Å². The van der Waals surface area contributed by atoms with Gasteiger partial charge in [-0.05, 0) is 52.2 Å². The number of furan rings is 1. The van der Waals surface area contributed by atoms with E-state index in [1.165, 1.54) is 11.8 Å². The van der Waals surface area contributed by atoms with E-state index in [2.05, 4.69) is 28.2 Å². The zero-order chi connectivity index (χ0) is 12.3. The van der Waals surface area contributed by atoms with Crippen LogP contribution in [0.2, 0.25) is 0 Å². The molecule has 0 aliphatic heterocycles. The molecule has 1 aromatic carbocycles. The van der Waals surface area contributed by atoms with Crippen LogP contribution < -0.4 is 5.32 Å². The number of aryl methyl sites for hydroxylation is 1. The lowest BCUT2D eigenvalue weighted by Gasteiger charge is -2.07. The highest BCUT2D eigenvalue weighted by atomic mass is 79.9. The third-order valence-electron chi connectivity index (χ3n) is 2.43. The van der Waals surface area contributed by atoms with Gasteiger partial charge in [0.15, 0.2) is 5.76 Å². The highest BCUT2D eigenvalue weighted by molar-refractivity contribution is 9.10. The number of nitrogens with one attached hydrogen (secondary N) is 1. The lowest BCUT2D eigenvalue weighted by atomic mass is 10.1. The van der Waals surface area contributed by atoms with Gasteiger partial charge < -0.3 is 9.73 Å². The molecule has 1 heterocycles. The summed E-state index contributed by atoms with van der Waals surface area (Å²) in [6.07, 6.45) is 2.44. The van der Waals surface area contributed by atoms with Crippen molar-refractivity contribution >= 4 is 27.5 Å². The largest absolute Gasteiger partial charge is 0.459 e. The molecule has 17 heavy (non-hydrogen) atoms. The maximum absolute atomic E-state index is 11.8. The lowest BCUT2D eigenvalue weighted by Crippen LogP contribution is -2.11. The minimum Gasteiger partial charge on any atom is -0.459 e. The SMILES string of the molecule is CCc1ccc(NC(=O)c2ccco2)c(Br)c1. The van der Waals surface area contributed by atoms with Crippen molar-refractivity contribution in [1.82, 2.24) is 0 Å². The summed E-state index contributed by atoms with van der Waals surface area (Å²) in [5, 5.41) is 2.78. The molecule has 1 N–H and O–H groups in total. The molecule has 88 valence electrons.